The quantitative estimate of drug-likeness (QED) is 0.611. The predicted octanol–water partition coefficient (Wildman–Crippen LogP) is 5.06. The summed E-state index contributed by atoms with van der Waals surface area (Å²) in [5.41, 5.74) is 0.196. The number of alkyl halides is 3. The number of anilines is 1. The summed E-state index contributed by atoms with van der Waals surface area (Å²) in [6, 6.07) is 11.7. The van der Waals surface area contributed by atoms with Crippen molar-refractivity contribution in [2.24, 2.45) is 0 Å². The van der Waals surface area contributed by atoms with E-state index in [1.165, 1.54) is 24.1 Å². The molecule has 0 unspecified atom stereocenters. The Hall–Kier alpha value is -2.35. The molecule has 0 saturated carbocycles. The van der Waals surface area contributed by atoms with E-state index in [0.717, 1.165) is 17.8 Å². The number of carbonyl (C=O) groups excluding carboxylic acids is 1. The number of halogens is 3. The van der Waals surface area contributed by atoms with Crippen LogP contribution in [0.5, 0.6) is 11.5 Å². The average Bonchev–Trinajstić information content (AvgIpc) is 2.63. The zero-order valence-corrected chi connectivity index (χ0v) is 16.1. The lowest BCUT2D eigenvalue weighted by molar-refractivity contribution is -0.137. The molecule has 1 amide bonds. The summed E-state index contributed by atoms with van der Waals surface area (Å²) in [6.45, 7) is 0.567. The third-order valence-corrected chi connectivity index (χ3v) is 4.62. The van der Waals surface area contributed by atoms with E-state index in [1.54, 1.807) is 31.1 Å². The smallest absolute Gasteiger partial charge is 0.416 e. The van der Waals surface area contributed by atoms with Crippen molar-refractivity contribution in [2.45, 2.75) is 12.6 Å². The molecule has 2 aromatic rings. The second kappa shape index (κ2) is 9.03. The first-order chi connectivity index (χ1) is 12.7. The topological polar surface area (TPSA) is 32.8 Å². The molecule has 0 radical (unpaired) electrons. The van der Waals surface area contributed by atoms with E-state index in [9.17, 15) is 18.0 Å². The van der Waals surface area contributed by atoms with Crippen molar-refractivity contribution < 1.29 is 22.7 Å². The minimum absolute atomic E-state index is 0.0521. The van der Waals surface area contributed by atoms with Gasteiger partial charge in [-0.25, -0.2) is 0 Å². The zero-order valence-electron chi connectivity index (χ0n) is 15.3. The number of hydrogen-bond donors (Lipinski definition) is 0. The highest BCUT2D eigenvalue weighted by Crippen LogP contribution is 2.32. The van der Waals surface area contributed by atoms with Crippen LogP contribution in [-0.2, 0) is 11.0 Å². The van der Waals surface area contributed by atoms with Crippen molar-refractivity contribution in [1.29, 1.82) is 0 Å². The van der Waals surface area contributed by atoms with Gasteiger partial charge in [0.15, 0.2) is 0 Å². The first kappa shape index (κ1) is 21.0. The number of nitrogens with zero attached hydrogens (tertiary/aromatic N) is 2. The predicted molar refractivity (Wildman–Crippen MR) is 102 cm³/mol. The Kier molecular flexibility index (Phi) is 7.01. The molecule has 27 heavy (non-hydrogen) atoms. The van der Waals surface area contributed by atoms with Crippen LogP contribution in [0.25, 0.3) is 0 Å². The van der Waals surface area contributed by atoms with Crippen molar-refractivity contribution in [3.8, 4) is 11.5 Å². The number of amides is 1. The number of hydrogen-bond acceptors (Lipinski definition) is 4. The maximum Gasteiger partial charge on any atom is 0.416 e. The fraction of sp³-hybridized carbons (Fsp3) is 0.316. The molecule has 0 aliphatic carbocycles. The van der Waals surface area contributed by atoms with Crippen molar-refractivity contribution in [2.75, 3.05) is 31.2 Å². The van der Waals surface area contributed by atoms with Gasteiger partial charge in [-0.3, -0.25) is 4.79 Å². The van der Waals surface area contributed by atoms with Gasteiger partial charge in [0.05, 0.1) is 5.56 Å². The Morgan fingerprint density at radius 3 is 1.96 bits per heavy atom. The standard InChI is InChI=1S/C19H21F3N2O2S/c1-23(2)18(25)12-13-24(27-3)15-6-10-17(11-7-15)26-16-8-4-14(5-9-16)19(20,21)22/h4-11H,12-13H2,1-3H3. The van der Waals surface area contributed by atoms with E-state index in [-0.39, 0.29) is 5.91 Å². The van der Waals surface area contributed by atoms with Gasteiger partial charge < -0.3 is 13.9 Å². The van der Waals surface area contributed by atoms with Gasteiger partial charge in [-0.15, -0.1) is 0 Å². The van der Waals surface area contributed by atoms with Gasteiger partial charge in [0.25, 0.3) is 0 Å². The summed E-state index contributed by atoms with van der Waals surface area (Å²) in [5.74, 6) is 0.897. The molecule has 0 atom stereocenters. The lowest BCUT2D eigenvalue weighted by Gasteiger charge is -2.22. The van der Waals surface area contributed by atoms with Crippen LogP contribution in [0.3, 0.4) is 0 Å². The van der Waals surface area contributed by atoms with E-state index < -0.39 is 11.7 Å². The van der Waals surface area contributed by atoms with Crippen LogP contribution in [0.2, 0.25) is 0 Å². The first-order valence-corrected chi connectivity index (χ1v) is 9.36. The second-order valence-electron chi connectivity index (χ2n) is 5.94. The van der Waals surface area contributed by atoms with E-state index in [4.69, 9.17) is 4.74 Å². The Morgan fingerprint density at radius 2 is 1.52 bits per heavy atom. The van der Waals surface area contributed by atoms with E-state index >= 15 is 0 Å². The molecule has 0 aromatic heterocycles. The van der Waals surface area contributed by atoms with Gasteiger partial charge in [0, 0.05) is 39.0 Å². The minimum atomic E-state index is -4.37. The molecule has 8 heteroatoms. The number of benzene rings is 2. The molecule has 0 fully saturated rings. The lowest BCUT2D eigenvalue weighted by Crippen LogP contribution is -2.26. The van der Waals surface area contributed by atoms with E-state index in [1.807, 2.05) is 22.7 Å². The molecule has 146 valence electrons. The van der Waals surface area contributed by atoms with Crippen LogP contribution in [0.1, 0.15) is 12.0 Å². The third kappa shape index (κ3) is 6.09. The molecule has 0 aliphatic rings. The van der Waals surface area contributed by atoms with Crippen LogP contribution in [0, 0.1) is 0 Å². The Labute approximate surface area is 161 Å². The van der Waals surface area contributed by atoms with Crippen LogP contribution in [0.15, 0.2) is 48.5 Å². The maximum absolute atomic E-state index is 12.6. The van der Waals surface area contributed by atoms with Crippen LogP contribution >= 0.6 is 11.9 Å². The highest BCUT2D eigenvalue weighted by atomic mass is 32.2. The van der Waals surface area contributed by atoms with E-state index in [0.29, 0.717) is 24.5 Å². The maximum atomic E-state index is 12.6. The van der Waals surface area contributed by atoms with Gasteiger partial charge in [-0.05, 0) is 48.5 Å². The molecule has 0 heterocycles. The van der Waals surface area contributed by atoms with E-state index in [2.05, 4.69) is 0 Å². The van der Waals surface area contributed by atoms with Crippen LogP contribution in [-0.4, -0.2) is 37.7 Å². The molecule has 0 aliphatic heterocycles. The molecule has 0 bridgehead atoms. The first-order valence-electron chi connectivity index (χ1n) is 8.17. The highest BCUT2D eigenvalue weighted by molar-refractivity contribution is 7.99. The van der Waals surface area contributed by atoms with Crippen molar-refractivity contribution in [3.63, 3.8) is 0 Å². The summed E-state index contributed by atoms with van der Waals surface area (Å²) in [5, 5.41) is 0. The van der Waals surface area contributed by atoms with Crippen LogP contribution in [0.4, 0.5) is 18.9 Å². The summed E-state index contributed by atoms with van der Waals surface area (Å²) >= 11 is 1.51. The Balaban J connectivity index is 2.00. The van der Waals surface area contributed by atoms with Crippen molar-refractivity contribution in [3.05, 3.63) is 54.1 Å². The number of ether oxygens (including phenoxy) is 1. The average molecular weight is 398 g/mol. The monoisotopic (exact) mass is 398 g/mol. The molecule has 2 rings (SSSR count). The summed E-state index contributed by atoms with van der Waals surface area (Å²) in [4.78, 5) is 13.3. The molecule has 0 spiro atoms. The number of carbonyl (C=O) groups is 1. The van der Waals surface area contributed by atoms with Gasteiger partial charge in [0.2, 0.25) is 5.91 Å². The second-order valence-corrected chi connectivity index (χ2v) is 6.75. The molecular weight excluding hydrogens is 377 g/mol. The fourth-order valence-corrected chi connectivity index (χ4v) is 2.88. The van der Waals surface area contributed by atoms with Gasteiger partial charge >= 0.3 is 6.18 Å². The minimum Gasteiger partial charge on any atom is -0.457 e. The van der Waals surface area contributed by atoms with Gasteiger partial charge in [-0.2, -0.15) is 13.2 Å². The van der Waals surface area contributed by atoms with Gasteiger partial charge in [-0.1, -0.05) is 11.9 Å². The fourth-order valence-electron chi connectivity index (χ4n) is 2.28. The van der Waals surface area contributed by atoms with Crippen molar-refractivity contribution >= 4 is 23.5 Å². The van der Waals surface area contributed by atoms with Gasteiger partial charge in [0.1, 0.15) is 11.5 Å². The zero-order chi connectivity index (χ0) is 20.0. The summed E-state index contributed by atoms with van der Waals surface area (Å²) in [7, 11) is 3.44. The summed E-state index contributed by atoms with van der Waals surface area (Å²) in [6.07, 6.45) is -2.04. The highest BCUT2D eigenvalue weighted by Gasteiger charge is 2.30. The molecular formula is C19H21F3N2O2S. The van der Waals surface area contributed by atoms with Crippen LogP contribution < -0.4 is 9.04 Å². The largest absolute Gasteiger partial charge is 0.457 e. The Morgan fingerprint density at radius 1 is 1.00 bits per heavy atom. The number of rotatable bonds is 7. The third-order valence-electron chi connectivity index (χ3n) is 3.79. The van der Waals surface area contributed by atoms with Crippen molar-refractivity contribution in [1.82, 2.24) is 4.90 Å². The molecule has 0 saturated heterocycles. The lowest BCUT2D eigenvalue weighted by atomic mass is 10.2. The summed E-state index contributed by atoms with van der Waals surface area (Å²) < 4.78 is 45.3. The molecule has 2 aromatic carbocycles. The Bertz CT molecular complexity index is 747. The molecule has 4 nitrogen and oxygen atoms in total. The SMILES string of the molecule is CSN(CCC(=O)N(C)C)c1ccc(Oc2ccc(C(F)(F)F)cc2)cc1. The molecule has 0 N–H and O–H groups in total. The normalized spacial score (nSPS) is 11.2.